The van der Waals surface area contributed by atoms with Crippen molar-refractivity contribution in [2.24, 2.45) is 0 Å². The van der Waals surface area contributed by atoms with Crippen LogP contribution in [-0.2, 0) is 14.3 Å². The Morgan fingerprint density at radius 1 is 0.482 bits per heavy atom. The second kappa shape index (κ2) is 46.0. The summed E-state index contributed by atoms with van der Waals surface area (Å²) in [5.74, 6) is -0.0883. The van der Waals surface area contributed by atoms with E-state index in [0.717, 1.165) is 70.6 Å². The van der Waals surface area contributed by atoms with Gasteiger partial charge in [0, 0.05) is 12.8 Å². The first-order valence-corrected chi connectivity index (χ1v) is 24.6. The van der Waals surface area contributed by atoms with Crippen LogP contribution in [-0.4, -0.2) is 47.4 Å². The van der Waals surface area contributed by atoms with Gasteiger partial charge in [-0.15, -0.1) is 0 Å². The molecular weight excluding hydrogens is 695 g/mol. The Hall–Kier alpha value is -1.66. The Kier molecular flexibility index (Phi) is 44.7. The average molecular weight is 790 g/mol. The van der Waals surface area contributed by atoms with E-state index in [0.29, 0.717) is 25.9 Å². The van der Waals surface area contributed by atoms with Crippen LogP contribution in [0, 0.1) is 0 Å². The van der Waals surface area contributed by atoms with Crippen LogP contribution in [0.2, 0.25) is 0 Å². The van der Waals surface area contributed by atoms with Crippen LogP contribution in [0.5, 0.6) is 0 Å². The van der Waals surface area contributed by atoms with Crippen molar-refractivity contribution < 1.29 is 24.5 Å². The number of nitrogens with one attached hydrogen (secondary N) is 1. The number of hydrogen-bond acceptors (Lipinski definition) is 5. The zero-order valence-electron chi connectivity index (χ0n) is 37.4. The largest absolute Gasteiger partial charge is 0.466 e. The van der Waals surface area contributed by atoms with Crippen molar-refractivity contribution in [1.82, 2.24) is 5.32 Å². The quantitative estimate of drug-likeness (QED) is 0.0324. The summed E-state index contributed by atoms with van der Waals surface area (Å²) < 4.78 is 5.45. The number of allylic oxidation sites excluding steroid dienone is 4. The lowest BCUT2D eigenvalue weighted by Crippen LogP contribution is -2.45. The summed E-state index contributed by atoms with van der Waals surface area (Å²) in [6.45, 7) is 4.88. The monoisotopic (exact) mass is 790 g/mol. The first kappa shape index (κ1) is 54.3. The Morgan fingerprint density at radius 2 is 0.839 bits per heavy atom. The average Bonchev–Trinajstić information content (AvgIpc) is 3.20. The summed E-state index contributed by atoms with van der Waals surface area (Å²) in [5, 5.41) is 23.0. The summed E-state index contributed by atoms with van der Waals surface area (Å²) >= 11 is 0. The fraction of sp³-hybridized carbons (Fsp3) is 0.880. The molecule has 0 aliphatic carbocycles. The molecule has 330 valence electrons. The molecule has 2 atom stereocenters. The predicted octanol–water partition coefficient (Wildman–Crippen LogP) is 14.3. The minimum Gasteiger partial charge on any atom is -0.466 e. The zero-order valence-corrected chi connectivity index (χ0v) is 37.4. The number of carbonyl (C=O) groups excluding carboxylic acids is 2. The molecule has 0 aromatic heterocycles. The lowest BCUT2D eigenvalue weighted by Gasteiger charge is -2.22. The maximum atomic E-state index is 12.4. The molecule has 0 rings (SSSR count). The van der Waals surface area contributed by atoms with Gasteiger partial charge in [-0.1, -0.05) is 192 Å². The molecule has 2 unspecified atom stereocenters. The number of hydrogen-bond donors (Lipinski definition) is 3. The van der Waals surface area contributed by atoms with Gasteiger partial charge < -0.3 is 20.3 Å². The van der Waals surface area contributed by atoms with E-state index < -0.39 is 12.1 Å². The Labute approximate surface area is 348 Å². The standard InChI is InChI=1S/C50H95NO5/c1-3-5-7-9-11-13-15-16-17-18-21-24-28-32-36-40-44-50(55)56-45-41-37-33-29-25-22-19-20-23-27-31-35-39-43-49(54)51-47(46-52)48(53)42-38-34-30-26-14-12-10-8-6-4-2/h17-18,20,23,47-48,52-53H,3-16,19,21-22,24-46H2,1-2H3,(H,51,54)/b18-17-,23-20-. The van der Waals surface area contributed by atoms with Crippen LogP contribution in [0.3, 0.4) is 0 Å². The third kappa shape index (κ3) is 42.0. The highest BCUT2D eigenvalue weighted by atomic mass is 16.5. The van der Waals surface area contributed by atoms with Gasteiger partial charge in [0.05, 0.1) is 25.4 Å². The molecule has 0 aromatic carbocycles. The van der Waals surface area contributed by atoms with Crippen LogP contribution in [0.4, 0.5) is 0 Å². The smallest absolute Gasteiger partial charge is 0.305 e. The van der Waals surface area contributed by atoms with Crippen molar-refractivity contribution in [2.45, 2.75) is 270 Å². The first-order valence-electron chi connectivity index (χ1n) is 24.6. The van der Waals surface area contributed by atoms with E-state index in [2.05, 4.69) is 43.5 Å². The molecule has 6 heteroatoms. The molecule has 3 N–H and O–H groups in total. The van der Waals surface area contributed by atoms with E-state index in [1.165, 1.54) is 154 Å². The molecular formula is C50H95NO5. The zero-order chi connectivity index (χ0) is 40.8. The first-order chi connectivity index (χ1) is 27.5. The Morgan fingerprint density at radius 3 is 1.29 bits per heavy atom. The number of unbranched alkanes of at least 4 members (excludes halogenated alkanes) is 30. The number of aliphatic hydroxyl groups is 2. The molecule has 6 nitrogen and oxygen atoms in total. The van der Waals surface area contributed by atoms with Gasteiger partial charge >= 0.3 is 5.97 Å². The highest BCUT2D eigenvalue weighted by Crippen LogP contribution is 2.15. The van der Waals surface area contributed by atoms with E-state index in [1.54, 1.807) is 0 Å². The second-order valence-electron chi connectivity index (χ2n) is 16.8. The number of ether oxygens (including phenoxy) is 1. The van der Waals surface area contributed by atoms with Gasteiger partial charge in [0.15, 0.2) is 0 Å². The highest BCUT2D eigenvalue weighted by Gasteiger charge is 2.20. The Balaban J connectivity index is 3.48. The molecule has 0 radical (unpaired) electrons. The topological polar surface area (TPSA) is 95.9 Å². The van der Waals surface area contributed by atoms with E-state index in [-0.39, 0.29) is 18.5 Å². The van der Waals surface area contributed by atoms with Crippen LogP contribution in [0.15, 0.2) is 24.3 Å². The van der Waals surface area contributed by atoms with Crippen LogP contribution >= 0.6 is 0 Å². The van der Waals surface area contributed by atoms with Gasteiger partial charge in [-0.3, -0.25) is 9.59 Å². The molecule has 0 aromatic rings. The molecule has 0 aliphatic rings. The number of esters is 1. The van der Waals surface area contributed by atoms with Crippen molar-refractivity contribution in [1.29, 1.82) is 0 Å². The second-order valence-corrected chi connectivity index (χ2v) is 16.8. The number of amides is 1. The van der Waals surface area contributed by atoms with E-state index in [4.69, 9.17) is 4.74 Å². The molecule has 0 fully saturated rings. The molecule has 0 saturated heterocycles. The third-order valence-electron chi connectivity index (χ3n) is 11.2. The van der Waals surface area contributed by atoms with E-state index in [1.807, 2.05) is 0 Å². The number of rotatable bonds is 45. The molecule has 0 aliphatic heterocycles. The van der Waals surface area contributed by atoms with Gasteiger partial charge in [-0.2, -0.15) is 0 Å². The SMILES string of the molecule is CCCCCCCCC/C=C\CCCCCCCC(=O)OCCCCCCCC/C=C\CCCCCC(=O)NC(CO)C(O)CCCCCCCCCCCC. The summed E-state index contributed by atoms with van der Waals surface area (Å²) in [7, 11) is 0. The van der Waals surface area contributed by atoms with Gasteiger partial charge in [0.25, 0.3) is 0 Å². The molecule has 0 heterocycles. The molecule has 0 bridgehead atoms. The number of carbonyl (C=O) groups is 2. The maximum Gasteiger partial charge on any atom is 0.305 e. The van der Waals surface area contributed by atoms with Crippen LogP contribution in [0.1, 0.15) is 258 Å². The van der Waals surface area contributed by atoms with Crippen LogP contribution in [0.25, 0.3) is 0 Å². The predicted molar refractivity (Wildman–Crippen MR) is 241 cm³/mol. The fourth-order valence-electron chi connectivity index (χ4n) is 7.39. The van der Waals surface area contributed by atoms with Crippen molar-refractivity contribution in [3.63, 3.8) is 0 Å². The maximum absolute atomic E-state index is 12.4. The normalized spacial score (nSPS) is 12.9. The van der Waals surface area contributed by atoms with Crippen molar-refractivity contribution in [3.05, 3.63) is 24.3 Å². The fourth-order valence-corrected chi connectivity index (χ4v) is 7.39. The summed E-state index contributed by atoms with van der Waals surface area (Å²) in [6.07, 6.45) is 52.9. The minimum absolute atomic E-state index is 0.0206. The van der Waals surface area contributed by atoms with Gasteiger partial charge in [-0.05, 0) is 77.0 Å². The molecule has 1 amide bonds. The summed E-state index contributed by atoms with van der Waals surface area (Å²) in [6, 6.07) is -0.560. The van der Waals surface area contributed by atoms with Crippen molar-refractivity contribution >= 4 is 11.9 Å². The molecule has 0 spiro atoms. The highest BCUT2D eigenvalue weighted by molar-refractivity contribution is 5.76. The number of aliphatic hydroxyl groups excluding tert-OH is 2. The molecule has 56 heavy (non-hydrogen) atoms. The summed E-state index contributed by atoms with van der Waals surface area (Å²) in [4.78, 5) is 24.4. The third-order valence-corrected chi connectivity index (χ3v) is 11.2. The van der Waals surface area contributed by atoms with Gasteiger partial charge in [0.1, 0.15) is 0 Å². The van der Waals surface area contributed by atoms with Gasteiger partial charge in [0.2, 0.25) is 5.91 Å². The van der Waals surface area contributed by atoms with Crippen molar-refractivity contribution in [3.8, 4) is 0 Å². The summed E-state index contributed by atoms with van der Waals surface area (Å²) in [5.41, 5.74) is 0. The van der Waals surface area contributed by atoms with Crippen molar-refractivity contribution in [2.75, 3.05) is 13.2 Å². The van der Waals surface area contributed by atoms with Gasteiger partial charge in [-0.25, -0.2) is 0 Å². The van der Waals surface area contributed by atoms with Crippen LogP contribution < -0.4 is 5.32 Å². The Bertz CT molecular complexity index is 874. The minimum atomic E-state index is -0.679. The van der Waals surface area contributed by atoms with E-state index in [9.17, 15) is 19.8 Å². The lowest BCUT2D eigenvalue weighted by atomic mass is 10.0. The lowest BCUT2D eigenvalue weighted by molar-refractivity contribution is -0.143. The van der Waals surface area contributed by atoms with E-state index >= 15 is 0 Å². The molecule has 0 saturated carbocycles.